The molecule has 3 aromatic rings. The van der Waals surface area contributed by atoms with Gasteiger partial charge in [-0.25, -0.2) is 0 Å². The first-order valence-corrected chi connectivity index (χ1v) is 12.1. The van der Waals surface area contributed by atoms with Gasteiger partial charge in [0.1, 0.15) is 11.6 Å². The molecule has 1 aromatic heterocycles. The molecular formula is C27H26N4O2S. The number of allylic oxidation sites excluding steroid dienone is 1. The standard InChI is InChI=1S/C27H26N4O2S/c1-17-9-10-24(18(2)13-17)33-12-6-11-30-16-20(21-7-4-5-8-23(21)30)14-22-25(28)31-15-19(3)34-27(31)29-26(22)32/h4-5,7-10,13-16,28H,6,11-12H2,1-3H3/b22-14-,28-25?. The minimum atomic E-state index is -0.370. The van der Waals surface area contributed by atoms with Crippen molar-refractivity contribution in [2.75, 3.05) is 6.61 Å². The van der Waals surface area contributed by atoms with Gasteiger partial charge in [0.2, 0.25) is 0 Å². The fourth-order valence-electron chi connectivity index (χ4n) is 4.31. The van der Waals surface area contributed by atoms with Crippen LogP contribution in [0.3, 0.4) is 0 Å². The predicted octanol–water partition coefficient (Wildman–Crippen LogP) is 5.89. The molecule has 0 spiro atoms. The van der Waals surface area contributed by atoms with E-state index in [0.29, 0.717) is 17.3 Å². The summed E-state index contributed by atoms with van der Waals surface area (Å²) in [7, 11) is 0. The van der Waals surface area contributed by atoms with Crippen molar-refractivity contribution >= 4 is 45.7 Å². The summed E-state index contributed by atoms with van der Waals surface area (Å²) < 4.78 is 8.19. The maximum atomic E-state index is 12.7. The number of carbonyl (C=O) groups excluding carboxylic acids is 1. The van der Waals surface area contributed by atoms with Crippen molar-refractivity contribution in [2.45, 2.75) is 33.7 Å². The number of benzene rings is 2. The van der Waals surface area contributed by atoms with Crippen LogP contribution in [0.5, 0.6) is 5.75 Å². The second-order valence-electron chi connectivity index (χ2n) is 8.58. The lowest BCUT2D eigenvalue weighted by Gasteiger charge is -2.22. The van der Waals surface area contributed by atoms with Gasteiger partial charge in [0.25, 0.3) is 5.91 Å². The van der Waals surface area contributed by atoms with Crippen LogP contribution in [0.15, 0.2) is 70.3 Å². The molecule has 0 unspecified atom stereocenters. The number of nitrogens with zero attached hydrogens (tertiary/aromatic N) is 3. The van der Waals surface area contributed by atoms with E-state index in [1.54, 1.807) is 11.0 Å². The maximum absolute atomic E-state index is 12.7. The van der Waals surface area contributed by atoms with Gasteiger partial charge in [0.15, 0.2) is 5.17 Å². The van der Waals surface area contributed by atoms with E-state index in [4.69, 9.17) is 10.1 Å². The summed E-state index contributed by atoms with van der Waals surface area (Å²) in [5.74, 6) is 0.718. The first-order valence-electron chi connectivity index (χ1n) is 11.3. The van der Waals surface area contributed by atoms with Crippen LogP contribution >= 0.6 is 11.8 Å². The molecule has 3 heterocycles. The van der Waals surface area contributed by atoms with Gasteiger partial charge < -0.3 is 9.30 Å². The number of thioether (sulfide) groups is 1. The molecule has 6 nitrogen and oxygen atoms in total. The van der Waals surface area contributed by atoms with Crippen LogP contribution in [0.1, 0.15) is 30.0 Å². The van der Waals surface area contributed by atoms with Crippen molar-refractivity contribution in [3.05, 3.63) is 82.0 Å². The van der Waals surface area contributed by atoms with Crippen LogP contribution in [0.2, 0.25) is 0 Å². The third-order valence-electron chi connectivity index (χ3n) is 5.94. The quantitative estimate of drug-likeness (QED) is 0.360. The molecular weight excluding hydrogens is 444 g/mol. The third-order valence-corrected chi connectivity index (χ3v) is 6.84. The number of carbonyl (C=O) groups is 1. The molecule has 0 atom stereocenters. The van der Waals surface area contributed by atoms with E-state index in [0.717, 1.165) is 45.7 Å². The maximum Gasteiger partial charge on any atom is 0.283 e. The highest BCUT2D eigenvalue weighted by molar-refractivity contribution is 8.17. The van der Waals surface area contributed by atoms with Crippen LogP contribution in [-0.4, -0.2) is 33.0 Å². The van der Waals surface area contributed by atoms with Gasteiger partial charge in [-0.1, -0.05) is 47.7 Å². The zero-order valence-electron chi connectivity index (χ0n) is 19.5. The summed E-state index contributed by atoms with van der Waals surface area (Å²) in [5.41, 5.74) is 4.67. The highest BCUT2D eigenvalue weighted by Crippen LogP contribution is 2.33. The lowest BCUT2D eigenvalue weighted by Crippen LogP contribution is -2.35. The molecule has 0 saturated heterocycles. The molecule has 0 saturated carbocycles. The Kier molecular flexibility index (Phi) is 5.87. The molecule has 1 N–H and O–H groups in total. The summed E-state index contributed by atoms with van der Waals surface area (Å²) >= 11 is 1.42. The molecule has 0 bridgehead atoms. The van der Waals surface area contributed by atoms with Crippen molar-refractivity contribution in [1.82, 2.24) is 9.47 Å². The molecule has 2 aliphatic heterocycles. The number of rotatable bonds is 6. The lowest BCUT2D eigenvalue weighted by atomic mass is 10.1. The second kappa shape index (κ2) is 8.99. The molecule has 1 amide bonds. The average molecular weight is 471 g/mol. The van der Waals surface area contributed by atoms with Crippen LogP contribution in [0.25, 0.3) is 17.0 Å². The molecule has 2 aliphatic rings. The van der Waals surface area contributed by atoms with E-state index >= 15 is 0 Å². The predicted molar refractivity (Wildman–Crippen MR) is 139 cm³/mol. The second-order valence-corrected chi connectivity index (χ2v) is 9.80. The molecule has 0 fully saturated rings. The number of para-hydroxylation sites is 1. The highest BCUT2D eigenvalue weighted by Gasteiger charge is 2.33. The molecule has 0 radical (unpaired) electrons. The van der Waals surface area contributed by atoms with Crippen molar-refractivity contribution in [1.29, 1.82) is 5.41 Å². The molecule has 0 aliphatic carbocycles. The zero-order valence-corrected chi connectivity index (χ0v) is 20.3. The average Bonchev–Trinajstić information content (AvgIpc) is 3.35. The molecule has 2 aromatic carbocycles. The summed E-state index contributed by atoms with van der Waals surface area (Å²) in [6.07, 6.45) is 6.54. The first-order chi connectivity index (χ1) is 16.4. The van der Waals surface area contributed by atoms with Crippen molar-refractivity contribution in [3.63, 3.8) is 0 Å². The SMILES string of the molecule is CC1=CN2C(=N)/C(=C/c3cn(CCCOc4ccc(C)cc4C)c4ccccc34)C(=O)N=C2S1. The van der Waals surface area contributed by atoms with Gasteiger partial charge >= 0.3 is 0 Å². The Morgan fingerprint density at radius 1 is 1.15 bits per heavy atom. The minimum absolute atomic E-state index is 0.165. The highest BCUT2D eigenvalue weighted by atomic mass is 32.2. The number of amides is 1. The molecule has 34 heavy (non-hydrogen) atoms. The third kappa shape index (κ3) is 4.19. The Labute approximate surface area is 203 Å². The number of amidine groups is 2. The van der Waals surface area contributed by atoms with Gasteiger partial charge in [-0.3, -0.25) is 15.1 Å². The molecule has 5 rings (SSSR count). The van der Waals surface area contributed by atoms with Crippen LogP contribution in [-0.2, 0) is 11.3 Å². The number of hydrogen-bond donors (Lipinski definition) is 1. The Morgan fingerprint density at radius 3 is 2.79 bits per heavy atom. The first kappa shape index (κ1) is 22.2. The zero-order chi connectivity index (χ0) is 23.8. The molecule has 7 heteroatoms. The van der Waals surface area contributed by atoms with Crippen molar-refractivity contribution in [3.8, 4) is 5.75 Å². The summed E-state index contributed by atoms with van der Waals surface area (Å²) in [6.45, 7) is 7.50. The number of aliphatic imine (C=N–C) groups is 1. The van der Waals surface area contributed by atoms with E-state index < -0.39 is 0 Å². The Balaban J connectivity index is 1.37. The van der Waals surface area contributed by atoms with Crippen LogP contribution < -0.4 is 4.74 Å². The van der Waals surface area contributed by atoms with E-state index in [1.165, 1.54) is 17.3 Å². The smallest absolute Gasteiger partial charge is 0.283 e. The monoisotopic (exact) mass is 470 g/mol. The Morgan fingerprint density at radius 2 is 1.97 bits per heavy atom. The van der Waals surface area contributed by atoms with Crippen molar-refractivity contribution < 1.29 is 9.53 Å². The Hall–Kier alpha value is -3.58. The number of hydrogen-bond acceptors (Lipinski definition) is 4. The summed E-state index contributed by atoms with van der Waals surface area (Å²) in [4.78, 5) is 19.6. The van der Waals surface area contributed by atoms with Gasteiger partial charge in [0.05, 0.1) is 12.2 Å². The van der Waals surface area contributed by atoms with Gasteiger partial charge in [-0.2, -0.15) is 4.99 Å². The Bertz CT molecular complexity index is 1410. The van der Waals surface area contributed by atoms with Gasteiger partial charge in [0, 0.05) is 40.3 Å². The van der Waals surface area contributed by atoms with Crippen molar-refractivity contribution in [2.24, 2.45) is 4.99 Å². The summed E-state index contributed by atoms with van der Waals surface area (Å²) in [5, 5.41) is 10.2. The topological polar surface area (TPSA) is 70.7 Å². The lowest BCUT2D eigenvalue weighted by molar-refractivity contribution is -0.114. The number of aryl methyl sites for hydroxylation is 3. The number of nitrogens with one attached hydrogen (secondary N) is 1. The molecule has 172 valence electrons. The fraction of sp³-hybridized carbons (Fsp3) is 0.222. The van der Waals surface area contributed by atoms with E-state index in [-0.39, 0.29) is 11.7 Å². The minimum Gasteiger partial charge on any atom is -0.493 e. The van der Waals surface area contributed by atoms with E-state index in [1.807, 2.05) is 37.4 Å². The van der Waals surface area contributed by atoms with Gasteiger partial charge in [-0.05, 0) is 51.0 Å². The summed E-state index contributed by atoms with van der Waals surface area (Å²) in [6, 6.07) is 14.4. The largest absolute Gasteiger partial charge is 0.493 e. The normalized spacial score (nSPS) is 16.8. The number of ether oxygens (including phenoxy) is 1. The fourth-order valence-corrected chi connectivity index (χ4v) is 5.13. The number of fused-ring (bicyclic) bond motifs is 2. The van der Waals surface area contributed by atoms with Gasteiger partial charge in [-0.15, -0.1) is 0 Å². The van der Waals surface area contributed by atoms with E-state index in [2.05, 4.69) is 47.8 Å². The van der Waals surface area contributed by atoms with Crippen LogP contribution in [0, 0.1) is 19.3 Å². The van der Waals surface area contributed by atoms with Crippen LogP contribution in [0.4, 0.5) is 0 Å². The van der Waals surface area contributed by atoms with E-state index in [9.17, 15) is 4.79 Å². The number of aromatic nitrogens is 1.